The monoisotopic (exact) mass is 420 g/mol. The van der Waals surface area contributed by atoms with Gasteiger partial charge in [-0.3, -0.25) is 4.79 Å². The number of thiophene rings is 1. The number of carbonyl (C=O) groups excluding carboxylic acids is 1. The Morgan fingerprint density at radius 1 is 1.12 bits per heavy atom. The van der Waals surface area contributed by atoms with Gasteiger partial charge in [0.25, 0.3) is 5.69 Å². The van der Waals surface area contributed by atoms with E-state index in [-0.39, 0.29) is 22.8 Å². The van der Waals surface area contributed by atoms with Crippen LogP contribution in [0.15, 0.2) is 65.1 Å². The molecule has 0 aliphatic carbocycles. The van der Waals surface area contributed by atoms with Gasteiger partial charge in [-0.15, -0.1) is 23.1 Å². The summed E-state index contributed by atoms with van der Waals surface area (Å²) in [5.74, 6) is 0.857. The van der Waals surface area contributed by atoms with E-state index in [2.05, 4.69) is 12.1 Å². The van der Waals surface area contributed by atoms with Gasteiger partial charge in [0.2, 0.25) is 0 Å². The number of nitrogens with two attached hydrogens (primary N) is 1. The number of ketones is 1. The number of halogens is 1. The molecule has 3 rings (SSSR count). The van der Waals surface area contributed by atoms with Crippen molar-refractivity contribution in [3.8, 4) is 5.69 Å². The summed E-state index contributed by atoms with van der Waals surface area (Å²) in [5, 5.41) is 0. The average molecular weight is 421 g/mol. The van der Waals surface area contributed by atoms with E-state index in [0.29, 0.717) is 10.6 Å². The number of pyridine rings is 1. The van der Waals surface area contributed by atoms with Crippen LogP contribution >= 0.6 is 23.1 Å². The number of aromatic nitrogens is 1. The first-order valence-corrected chi connectivity index (χ1v) is 9.03. The molecule has 124 valence electrons. The van der Waals surface area contributed by atoms with Crippen molar-refractivity contribution in [2.45, 2.75) is 16.9 Å². The summed E-state index contributed by atoms with van der Waals surface area (Å²) >= 11 is 3.19. The lowest BCUT2D eigenvalue weighted by Crippen LogP contribution is -3.00. The van der Waals surface area contributed by atoms with Gasteiger partial charge in [0.1, 0.15) is 14.8 Å². The third-order valence-corrected chi connectivity index (χ3v) is 6.02. The molecule has 0 atom stereocenters. The number of benzene rings is 1. The predicted molar refractivity (Wildman–Crippen MR) is 96.3 cm³/mol. The van der Waals surface area contributed by atoms with Crippen LogP contribution in [-0.2, 0) is 5.75 Å². The lowest BCUT2D eigenvalue weighted by atomic mass is 10.2. The Kier molecular flexibility index (Phi) is 6.60. The first kappa shape index (κ1) is 18.7. The Morgan fingerprint density at radius 2 is 1.75 bits per heavy atom. The molecule has 0 unspecified atom stereocenters. The summed E-state index contributed by atoms with van der Waals surface area (Å²) in [6.45, 7) is 1.56. The molecule has 3 aromatic rings. The van der Waals surface area contributed by atoms with Gasteiger partial charge in [0.05, 0.1) is 0 Å². The normalized spacial score (nSPS) is 10.2. The number of nitrogens with zero attached hydrogens (tertiary/aromatic N) is 1. The predicted octanol–water partition coefficient (Wildman–Crippen LogP) is 1.11. The molecule has 0 fully saturated rings. The van der Waals surface area contributed by atoms with E-state index in [1.54, 1.807) is 18.7 Å². The number of hydrogen-bond donors (Lipinski definition) is 1. The number of Topliss-reactive ketones (excluding diaryl/α,β-unsaturated/α-hetero) is 1. The van der Waals surface area contributed by atoms with Crippen LogP contribution in [0.1, 0.15) is 22.2 Å². The smallest absolute Gasteiger partial charge is 0.259 e. The van der Waals surface area contributed by atoms with E-state index in [9.17, 15) is 4.79 Å². The van der Waals surface area contributed by atoms with Crippen LogP contribution in [0.2, 0.25) is 0 Å². The molecule has 2 aromatic heterocycles. The highest BCUT2D eigenvalue weighted by atomic mass is 79.9. The maximum Gasteiger partial charge on any atom is 0.259 e. The van der Waals surface area contributed by atoms with Crippen molar-refractivity contribution in [2.75, 3.05) is 5.73 Å². The molecular weight excluding hydrogens is 404 g/mol. The summed E-state index contributed by atoms with van der Waals surface area (Å²) < 4.78 is 3.04. The largest absolute Gasteiger partial charge is 1.00 e. The summed E-state index contributed by atoms with van der Waals surface area (Å²) in [6.07, 6.45) is 3.91. The van der Waals surface area contributed by atoms with Gasteiger partial charge in [0.15, 0.2) is 18.2 Å². The molecule has 0 saturated carbocycles. The second-order valence-corrected chi connectivity index (χ2v) is 7.36. The van der Waals surface area contributed by atoms with Crippen LogP contribution in [-0.4, -0.2) is 5.78 Å². The van der Waals surface area contributed by atoms with Crippen LogP contribution in [0.5, 0.6) is 0 Å². The summed E-state index contributed by atoms with van der Waals surface area (Å²) in [6, 6.07) is 16.2. The second-order valence-electron chi connectivity index (χ2n) is 5.09. The highest BCUT2D eigenvalue weighted by molar-refractivity contribution is 8.00. The van der Waals surface area contributed by atoms with E-state index < -0.39 is 0 Å². The highest BCUT2D eigenvalue weighted by Gasteiger charge is 2.26. The van der Waals surface area contributed by atoms with Crippen LogP contribution in [0.4, 0.5) is 5.69 Å². The zero-order valence-electron chi connectivity index (χ0n) is 13.1. The van der Waals surface area contributed by atoms with E-state index >= 15 is 0 Å². The maximum atomic E-state index is 11.8. The van der Waals surface area contributed by atoms with Crippen molar-refractivity contribution in [2.24, 2.45) is 0 Å². The van der Waals surface area contributed by atoms with Crippen molar-refractivity contribution in [1.82, 2.24) is 0 Å². The lowest BCUT2D eigenvalue weighted by molar-refractivity contribution is -0.596. The van der Waals surface area contributed by atoms with E-state index in [1.807, 2.05) is 53.4 Å². The Bertz CT molecular complexity index is 820. The molecule has 0 aliphatic rings. The van der Waals surface area contributed by atoms with E-state index in [0.717, 1.165) is 15.6 Å². The molecule has 3 nitrogen and oxygen atoms in total. The fourth-order valence-corrected chi connectivity index (χ4v) is 4.64. The van der Waals surface area contributed by atoms with Crippen molar-refractivity contribution >= 4 is 34.6 Å². The molecule has 0 aliphatic heterocycles. The molecular formula is C18H17BrN2OS2. The first-order chi connectivity index (χ1) is 11.2. The van der Waals surface area contributed by atoms with Crippen LogP contribution in [0.3, 0.4) is 0 Å². The van der Waals surface area contributed by atoms with Crippen LogP contribution in [0.25, 0.3) is 5.69 Å². The van der Waals surface area contributed by atoms with Gasteiger partial charge < -0.3 is 22.7 Å². The Hall–Kier alpha value is -1.63. The van der Waals surface area contributed by atoms with Crippen molar-refractivity contribution in [3.63, 3.8) is 0 Å². The van der Waals surface area contributed by atoms with Gasteiger partial charge in [0, 0.05) is 24.8 Å². The second kappa shape index (κ2) is 8.46. The summed E-state index contributed by atoms with van der Waals surface area (Å²) in [4.78, 5) is 12.5. The standard InChI is InChI=1S/C18H16N2OS2.BrH/c1-13(21)17-15(19)16(20-10-6-3-7-11-20)18(23-17)22-12-14-8-4-2-5-9-14;/h2-11H,12H2,1H3,(H-,19,21);1H. The van der Waals surface area contributed by atoms with Crippen LogP contribution in [0, 0.1) is 0 Å². The summed E-state index contributed by atoms with van der Waals surface area (Å²) in [5.41, 5.74) is 8.98. The molecule has 2 heterocycles. The van der Waals surface area contributed by atoms with E-state index in [4.69, 9.17) is 5.73 Å². The van der Waals surface area contributed by atoms with Gasteiger partial charge in [-0.2, -0.15) is 4.57 Å². The highest BCUT2D eigenvalue weighted by Crippen LogP contribution is 2.39. The molecule has 0 amide bonds. The fourth-order valence-electron chi connectivity index (χ4n) is 2.29. The zero-order chi connectivity index (χ0) is 16.2. The average Bonchev–Trinajstić information content (AvgIpc) is 2.91. The number of rotatable bonds is 5. The third kappa shape index (κ3) is 4.06. The molecule has 24 heavy (non-hydrogen) atoms. The molecule has 1 aromatic carbocycles. The van der Waals surface area contributed by atoms with Gasteiger partial charge >= 0.3 is 0 Å². The molecule has 6 heteroatoms. The minimum atomic E-state index is 0. The summed E-state index contributed by atoms with van der Waals surface area (Å²) in [7, 11) is 0. The Balaban J connectivity index is 0.00000208. The molecule has 0 radical (unpaired) electrons. The van der Waals surface area contributed by atoms with Crippen LogP contribution < -0.4 is 27.3 Å². The minimum absolute atomic E-state index is 0. The van der Waals surface area contributed by atoms with Gasteiger partial charge in [-0.1, -0.05) is 36.4 Å². The van der Waals surface area contributed by atoms with Gasteiger partial charge in [-0.25, -0.2) is 0 Å². The number of hydrogen-bond acceptors (Lipinski definition) is 4. The fraction of sp³-hybridized carbons (Fsp3) is 0.111. The van der Waals surface area contributed by atoms with Crippen molar-refractivity contribution in [3.05, 3.63) is 71.4 Å². The van der Waals surface area contributed by atoms with Crippen molar-refractivity contribution < 1.29 is 26.3 Å². The molecule has 0 saturated heterocycles. The van der Waals surface area contributed by atoms with Gasteiger partial charge in [-0.05, 0) is 5.56 Å². The van der Waals surface area contributed by atoms with E-state index in [1.165, 1.54) is 16.9 Å². The van der Waals surface area contributed by atoms with Crippen molar-refractivity contribution in [1.29, 1.82) is 0 Å². The quantitative estimate of drug-likeness (QED) is 0.382. The maximum absolute atomic E-state index is 11.8. The molecule has 0 bridgehead atoms. The third-order valence-electron chi connectivity index (χ3n) is 3.39. The molecule has 2 N–H and O–H groups in total. The SMILES string of the molecule is CC(=O)c1sc(SCc2ccccc2)c(-[n+]2ccccc2)c1N.[Br-]. The minimum Gasteiger partial charge on any atom is -1.00 e. The first-order valence-electron chi connectivity index (χ1n) is 7.23. The zero-order valence-corrected chi connectivity index (χ0v) is 16.3. The Labute approximate surface area is 160 Å². The Morgan fingerprint density at radius 3 is 2.38 bits per heavy atom. The number of carbonyl (C=O) groups is 1. The number of thioether (sulfide) groups is 1. The number of anilines is 1. The number of nitrogen functional groups attached to an aromatic ring is 1. The topological polar surface area (TPSA) is 47.0 Å². The molecule has 0 spiro atoms. The lowest BCUT2D eigenvalue weighted by Gasteiger charge is -2.01.